The van der Waals surface area contributed by atoms with Crippen molar-refractivity contribution >= 4 is 17.3 Å². The van der Waals surface area contributed by atoms with E-state index in [1.165, 1.54) is 14.2 Å². The second-order valence-electron chi connectivity index (χ2n) is 7.03. The van der Waals surface area contributed by atoms with Crippen molar-refractivity contribution in [2.45, 2.75) is 5.92 Å². The number of allylic oxidation sites excluding steroid dienone is 1. The number of H-pyrrole nitrogens is 2. The molecule has 0 bridgehead atoms. The highest BCUT2D eigenvalue weighted by Gasteiger charge is 2.41. The SMILES string of the molecule is COc1ccc(C2C3=C(Nc4[nH]c(=O)[nH]c(=O)c42)c2ccccc2C3=O)cc1OC. The highest BCUT2D eigenvalue weighted by Crippen LogP contribution is 2.48. The van der Waals surface area contributed by atoms with Crippen LogP contribution in [0.4, 0.5) is 5.82 Å². The number of benzene rings is 2. The molecule has 1 unspecified atom stereocenters. The lowest BCUT2D eigenvalue weighted by Gasteiger charge is -2.27. The van der Waals surface area contributed by atoms with Gasteiger partial charge in [-0.1, -0.05) is 30.3 Å². The highest BCUT2D eigenvalue weighted by atomic mass is 16.5. The standard InChI is InChI=1S/C22H17N3O5/c1-29-13-8-7-10(9-14(13)30-2)15-16-18(11-5-3-4-6-12(11)19(16)26)23-20-17(15)21(27)25-22(28)24-20/h3-9,15H,1-2H3,(H3,23,24,25,27,28). The first kappa shape index (κ1) is 18.0. The molecule has 8 heteroatoms. The van der Waals surface area contributed by atoms with Crippen molar-refractivity contribution in [3.05, 3.63) is 91.1 Å². The van der Waals surface area contributed by atoms with Crippen LogP contribution in [-0.4, -0.2) is 30.0 Å². The van der Waals surface area contributed by atoms with Crippen LogP contribution in [0.5, 0.6) is 11.5 Å². The second-order valence-corrected chi connectivity index (χ2v) is 7.03. The average molecular weight is 403 g/mol. The molecule has 8 nitrogen and oxygen atoms in total. The number of fused-ring (bicyclic) bond motifs is 3. The van der Waals surface area contributed by atoms with Crippen molar-refractivity contribution in [1.29, 1.82) is 0 Å². The zero-order chi connectivity index (χ0) is 21.0. The third-order valence-corrected chi connectivity index (χ3v) is 5.50. The van der Waals surface area contributed by atoms with E-state index in [-0.39, 0.29) is 17.2 Å². The minimum absolute atomic E-state index is 0.163. The molecule has 2 aliphatic rings. The van der Waals surface area contributed by atoms with Crippen LogP contribution < -0.4 is 26.0 Å². The van der Waals surface area contributed by atoms with E-state index in [2.05, 4.69) is 15.3 Å². The van der Waals surface area contributed by atoms with Crippen LogP contribution in [-0.2, 0) is 0 Å². The summed E-state index contributed by atoms with van der Waals surface area (Å²) in [5.74, 6) is 0.412. The fourth-order valence-electron chi connectivity index (χ4n) is 4.22. The van der Waals surface area contributed by atoms with Crippen LogP contribution in [0.1, 0.15) is 33.0 Å². The molecule has 0 saturated carbocycles. The molecule has 30 heavy (non-hydrogen) atoms. The molecule has 1 atom stereocenters. The van der Waals surface area contributed by atoms with Crippen LogP contribution in [0.25, 0.3) is 5.70 Å². The first-order chi connectivity index (χ1) is 14.5. The number of carbonyl (C=O) groups is 1. The summed E-state index contributed by atoms with van der Waals surface area (Å²) < 4.78 is 10.7. The van der Waals surface area contributed by atoms with Gasteiger partial charge in [0.25, 0.3) is 5.56 Å². The van der Waals surface area contributed by atoms with Gasteiger partial charge >= 0.3 is 5.69 Å². The number of Topliss-reactive ketones (excluding diaryl/α,β-unsaturated/α-hetero) is 1. The maximum Gasteiger partial charge on any atom is 0.327 e. The van der Waals surface area contributed by atoms with Gasteiger partial charge in [0.05, 0.1) is 25.5 Å². The summed E-state index contributed by atoms with van der Waals surface area (Å²) >= 11 is 0. The highest BCUT2D eigenvalue weighted by molar-refractivity contribution is 6.23. The summed E-state index contributed by atoms with van der Waals surface area (Å²) in [5.41, 5.74) is 2.07. The maximum absolute atomic E-state index is 13.3. The molecule has 0 fully saturated rings. The van der Waals surface area contributed by atoms with Gasteiger partial charge < -0.3 is 14.8 Å². The van der Waals surface area contributed by atoms with Crippen LogP contribution in [0.2, 0.25) is 0 Å². The number of hydrogen-bond donors (Lipinski definition) is 3. The van der Waals surface area contributed by atoms with Crippen molar-refractivity contribution < 1.29 is 14.3 Å². The van der Waals surface area contributed by atoms with E-state index in [0.29, 0.717) is 33.9 Å². The van der Waals surface area contributed by atoms with E-state index in [1.807, 2.05) is 12.1 Å². The number of methoxy groups -OCH3 is 2. The summed E-state index contributed by atoms with van der Waals surface area (Å²) in [6.45, 7) is 0. The van der Waals surface area contributed by atoms with Gasteiger partial charge in [-0.25, -0.2) is 4.79 Å². The van der Waals surface area contributed by atoms with Crippen molar-refractivity contribution in [2.24, 2.45) is 0 Å². The Bertz CT molecular complexity index is 1370. The van der Waals surface area contributed by atoms with Gasteiger partial charge in [0.1, 0.15) is 5.82 Å². The Morgan fingerprint density at radius 3 is 2.33 bits per heavy atom. The minimum Gasteiger partial charge on any atom is -0.493 e. The number of nitrogens with one attached hydrogen (secondary N) is 3. The fourth-order valence-corrected chi connectivity index (χ4v) is 4.22. The van der Waals surface area contributed by atoms with Crippen molar-refractivity contribution in [3.8, 4) is 11.5 Å². The number of carbonyl (C=O) groups excluding carboxylic acids is 1. The molecule has 1 aliphatic carbocycles. The van der Waals surface area contributed by atoms with Crippen molar-refractivity contribution in [1.82, 2.24) is 9.97 Å². The summed E-state index contributed by atoms with van der Waals surface area (Å²) in [5, 5.41) is 3.11. The number of aromatic nitrogens is 2. The molecule has 1 aliphatic heterocycles. The van der Waals surface area contributed by atoms with Gasteiger partial charge in [0.15, 0.2) is 17.3 Å². The smallest absolute Gasteiger partial charge is 0.327 e. The quantitative estimate of drug-likeness (QED) is 0.618. The predicted octanol–water partition coefficient (Wildman–Crippen LogP) is 2.25. The van der Waals surface area contributed by atoms with E-state index in [9.17, 15) is 14.4 Å². The molecule has 5 rings (SSSR count). The zero-order valence-electron chi connectivity index (χ0n) is 16.2. The molecule has 150 valence electrons. The Hall–Kier alpha value is -4.07. The Morgan fingerprint density at radius 1 is 0.867 bits per heavy atom. The summed E-state index contributed by atoms with van der Waals surface area (Å²) in [6, 6.07) is 12.5. The van der Waals surface area contributed by atoms with Crippen LogP contribution in [0, 0.1) is 0 Å². The summed E-state index contributed by atoms with van der Waals surface area (Å²) in [7, 11) is 3.05. The van der Waals surface area contributed by atoms with Gasteiger partial charge in [-0.2, -0.15) is 0 Å². The lowest BCUT2D eigenvalue weighted by molar-refractivity contribution is 0.103. The Morgan fingerprint density at radius 2 is 1.60 bits per heavy atom. The number of aromatic amines is 2. The van der Waals surface area contributed by atoms with E-state index in [0.717, 1.165) is 5.56 Å². The Labute approximate surface area is 170 Å². The lowest BCUT2D eigenvalue weighted by Crippen LogP contribution is -2.33. The Kier molecular flexibility index (Phi) is 3.89. The molecule has 2 heterocycles. The molecule has 0 saturated heterocycles. The van der Waals surface area contributed by atoms with Gasteiger partial charge in [0, 0.05) is 22.6 Å². The fraction of sp³-hybridized carbons (Fsp3) is 0.136. The average Bonchev–Trinajstić information content (AvgIpc) is 3.03. The van der Waals surface area contributed by atoms with E-state index < -0.39 is 17.2 Å². The summed E-state index contributed by atoms with van der Waals surface area (Å²) in [6.07, 6.45) is 0. The molecule has 0 spiro atoms. The van der Waals surface area contributed by atoms with E-state index >= 15 is 0 Å². The largest absolute Gasteiger partial charge is 0.493 e. The van der Waals surface area contributed by atoms with Gasteiger partial charge in [-0.15, -0.1) is 0 Å². The molecule has 3 aromatic rings. The molecular weight excluding hydrogens is 386 g/mol. The number of ketones is 1. The van der Waals surface area contributed by atoms with Crippen LogP contribution >= 0.6 is 0 Å². The number of ether oxygens (including phenoxy) is 2. The van der Waals surface area contributed by atoms with Crippen molar-refractivity contribution in [2.75, 3.05) is 19.5 Å². The normalized spacial score (nSPS) is 16.5. The maximum atomic E-state index is 13.3. The van der Waals surface area contributed by atoms with Crippen LogP contribution in [0.3, 0.4) is 0 Å². The topological polar surface area (TPSA) is 113 Å². The molecule has 2 aromatic carbocycles. The first-order valence-electron chi connectivity index (χ1n) is 9.27. The third-order valence-electron chi connectivity index (χ3n) is 5.50. The van der Waals surface area contributed by atoms with Crippen LogP contribution in [0.15, 0.2) is 57.6 Å². The second kappa shape index (κ2) is 6.48. The number of anilines is 1. The van der Waals surface area contributed by atoms with E-state index in [4.69, 9.17) is 9.47 Å². The number of hydrogen-bond acceptors (Lipinski definition) is 6. The zero-order valence-corrected chi connectivity index (χ0v) is 16.2. The van der Waals surface area contributed by atoms with Gasteiger partial charge in [-0.05, 0) is 17.7 Å². The third kappa shape index (κ3) is 2.43. The number of rotatable bonds is 3. The molecular formula is C22H17N3O5. The molecule has 1 aromatic heterocycles. The molecule has 3 N–H and O–H groups in total. The van der Waals surface area contributed by atoms with Crippen molar-refractivity contribution in [3.63, 3.8) is 0 Å². The van der Waals surface area contributed by atoms with Gasteiger partial charge in [-0.3, -0.25) is 19.6 Å². The Balaban J connectivity index is 1.82. The minimum atomic E-state index is -0.698. The monoisotopic (exact) mass is 403 g/mol. The first-order valence-corrected chi connectivity index (χ1v) is 9.27. The predicted molar refractivity (Wildman–Crippen MR) is 110 cm³/mol. The molecule has 0 radical (unpaired) electrons. The van der Waals surface area contributed by atoms with Gasteiger partial charge in [0.2, 0.25) is 0 Å². The van der Waals surface area contributed by atoms with E-state index in [1.54, 1.807) is 30.3 Å². The summed E-state index contributed by atoms with van der Waals surface area (Å²) in [4.78, 5) is 43.0. The molecule has 0 amide bonds. The lowest BCUT2D eigenvalue weighted by atomic mass is 9.81.